The van der Waals surface area contributed by atoms with Crippen LogP contribution in [0.2, 0.25) is 0 Å². The largest absolute Gasteiger partial charge is 0.365 e. The van der Waals surface area contributed by atoms with Gasteiger partial charge in [-0.25, -0.2) is 4.98 Å². The summed E-state index contributed by atoms with van der Waals surface area (Å²) in [5, 5.41) is 19.3. The van der Waals surface area contributed by atoms with Crippen molar-refractivity contribution in [1.29, 1.82) is 0 Å². The second-order valence-electron chi connectivity index (χ2n) is 4.22. The van der Waals surface area contributed by atoms with Crippen LogP contribution in [0.1, 0.15) is 6.92 Å². The monoisotopic (exact) mass is 228 g/mol. The summed E-state index contributed by atoms with van der Waals surface area (Å²) in [5.74, 6) is 0.764. The maximum atomic E-state index is 4.28. The fraction of sp³-hybridized carbons (Fsp3) is 0.273. The van der Waals surface area contributed by atoms with Crippen LogP contribution in [-0.2, 0) is 0 Å². The predicted octanol–water partition coefficient (Wildman–Crippen LogP) is 2.11. The molecule has 86 valence electrons. The molecule has 17 heavy (non-hydrogen) atoms. The Morgan fingerprint density at radius 3 is 3.24 bits per heavy atom. The molecule has 0 aliphatic carbocycles. The maximum absolute atomic E-state index is 4.28. The van der Waals surface area contributed by atoms with E-state index < -0.39 is 0 Å². The highest BCUT2D eigenvalue weighted by Gasteiger charge is 2.23. The normalized spacial score (nSPS) is 22.4. The van der Waals surface area contributed by atoms with Crippen LogP contribution < -0.4 is 5.32 Å². The van der Waals surface area contributed by atoms with Gasteiger partial charge < -0.3 is 5.32 Å². The van der Waals surface area contributed by atoms with Crippen LogP contribution in [0.15, 0.2) is 41.0 Å². The first-order valence-electron chi connectivity index (χ1n) is 5.39. The van der Waals surface area contributed by atoms with E-state index in [9.17, 15) is 0 Å². The minimum Gasteiger partial charge on any atom is -0.365 e. The summed E-state index contributed by atoms with van der Waals surface area (Å²) in [5.41, 5.74) is 0.551. The van der Waals surface area contributed by atoms with E-state index in [0.717, 1.165) is 16.7 Å². The van der Waals surface area contributed by atoms with Gasteiger partial charge in [-0.1, -0.05) is 0 Å². The maximum Gasteiger partial charge on any atom is 0.154 e. The number of aromatic nitrogens is 3. The molecule has 2 aromatic rings. The molecule has 3 rings (SSSR count). The summed E-state index contributed by atoms with van der Waals surface area (Å²) >= 11 is 0. The molecule has 1 unspecified atom stereocenters. The Bertz CT molecular complexity index is 585. The number of azo groups is 1. The SMILES string of the molecule is CC1(CNc2nccc3c[nH]nc23)C=CN=N1. The van der Waals surface area contributed by atoms with E-state index >= 15 is 0 Å². The molecule has 0 radical (unpaired) electrons. The van der Waals surface area contributed by atoms with Crippen molar-refractivity contribution in [2.75, 3.05) is 11.9 Å². The zero-order valence-corrected chi connectivity index (χ0v) is 9.38. The summed E-state index contributed by atoms with van der Waals surface area (Å²) in [6.45, 7) is 2.66. The standard InChI is InChI=1S/C11H12N6/c1-11(3-5-14-17-11)7-13-10-9-8(2-4-12-10)6-15-16-9/h2-6H,7H2,1H3,(H,12,13)(H,15,16). The number of fused-ring (bicyclic) bond motifs is 1. The molecule has 1 atom stereocenters. The Morgan fingerprint density at radius 2 is 2.41 bits per heavy atom. The zero-order valence-electron chi connectivity index (χ0n) is 9.38. The lowest BCUT2D eigenvalue weighted by atomic mass is 10.1. The number of rotatable bonds is 3. The Kier molecular flexibility index (Phi) is 2.14. The van der Waals surface area contributed by atoms with E-state index in [-0.39, 0.29) is 5.54 Å². The van der Waals surface area contributed by atoms with Crippen LogP contribution in [0.5, 0.6) is 0 Å². The number of anilines is 1. The molecule has 6 heteroatoms. The van der Waals surface area contributed by atoms with Gasteiger partial charge in [0, 0.05) is 30.5 Å². The first kappa shape index (κ1) is 9.95. The third-order valence-corrected chi connectivity index (χ3v) is 2.75. The first-order valence-corrected chi connectivity index (χ1v) is 5.39. The molecule has 1 aliphatic rings. The molecule has 0 aromatic carbocycles. The van der Waals surface area contributed by atoms with Crippen LogP contribution in [-0.4, -0.2) is 27.3 Å². The third-order valence-electron chi connectivity index (χ3n) is 2.75. The minimum absolute atomic E-state index is 0.292. The first-order chi connectivity index (χ1) is 8.27. The van der Waals surface area contributed by atoms with Crippen molar-refractivity contribution >= 4 is 16.7 Å². The third kappa shape index (κ3) is 1.77. The van der Waals surface area contributed by atoms with Gasteiger partial charge in [0.1, 0.15) is 11.1 Å². The van der Waals surface area contributed by atoms with E-state index in [2.05, 4.69) is 30.7 Å². The molecule has 6 nitrogen and oxygen atoms in total. The van der Waals surface area contributed by atoms with E-state index in [0.29, 0.717) is 6.54 Å². The number of aromatic amines is 1. The number of hydrogen-bond donors (Lipinski definition) is 2. The number of nitrogens with one attached hydrogen (secondary N) is 2. The van der Waals surface area contributed by atoms with Gasteiger partial charge in [-0.05, 0) is 19.1 Å². The molecule has 0 bridgehead atoms. The number of H-pyrrole nitrogens is 1. The van der Waals surface area contributed by atoms with Crippen molar-refractivity contribution in [3.63, 3.8) is 0 Å². The number of nitrogens with zero attached hydrogens (tertiary/aromatic N) is 4. The average molecular weight is 228 g/mol. The van der Waals surface area contributed by atoms with Crippen molar-refractivity contribution in [3.8, 4) is 0 Å². The van der Waals surface area contributed by atoms with Crippen LogP contribution >= 0.6 is 0 Å². The molecular weight excluding hydrogens is 216 g/mol. The smallest absolute Gasteiger partial charge is 0.154 e. The predicted molar refractivity (Wildman–Crippen MR) is 64.8 cm³/mol. The molecule has 0 fully saturated rings. The van der Waals surface area contributed by atoms with Gasteiger partial charge in [-0.3, -0.25) is 5.10 Å². The highest BCUT2D eigenvalue weighted by Crippen LogP contribution is 2.22. The van der Waals surface area contributed by atoms with Gasteiger partial charge in [0.05, 0.1) is 0 Å². The molecule has 1 aliphatic heterocycles. The molecule has 0 saturated carbocycles. The summed E-state index contributed by atoms with van der Waals surface area (Å²) in [4.78, 5) is 4.28. The Balaban J connectivity index is 1.83. The van der Waals surface area contributed by atoms with Crippen molar-refractivity contribution in [1.82, 2.24) is 15.2 Å². The van der Waals surface area contributed by atoms with Crippen LogP contribution in [0.4, 0.5) is 5.82 Å². The lowest BCUT2D eigenvalue weighted by molar-refractivity contribution is 0.609. The molecule has 2 aromatic heterocycles. The van der Waals surface area contributed by atoms with E-state index in [1.54, 1.807) is 12.4 Å². The molecule has 3 heterocycles. The van der Waals surface area contributed by atoms with Crippen LogP contribution in [0.3, 0.4) is 0 Å². The fourth-order valence-electron chi connectivity index (χ4n) is 1.75. The van der Waals surface area contributed by atoms with Crippen molar-refractivity contribution < 1.29 is 0 Å². The van der Waals surface area contributed by atoms with Gasteiger partial charge in [0.25, 0.3) is 0 Å². The quantitative estimate of drug-likeness (QED) is 0.844. The van der Waals surface area contributed by atoms with E-state index in [4.69, 9.17) is 0 Å². The fourth-order valence-corrected chi connectivity index (χ4v) is 1.75. The van der Waals surface area contributed by atoms with Crippen molar-refractivity contribution in [3.05, 3.63) is 30.7 Å². The Morgan fingerprint density at radius 1 is 1.47 bits per heavy atom. The van der Waals surface area contributed by atoms with Gasteiger partial charge in [0.15, 0.2) is 5.82 Å². The number of hydrogen-bond acceptors (Lipinski definition) is 5. The molecule has 0 saturated heterocycles. The average Bonchev–Trinajstić information content (AvgIpc) is 2.95. The second kappa shape index (κ2) is 3.65. The summed E-state index contributed by atoms with van der Waals surface area (Å²) in [6.07, 6.45) is 7.28. The zero-order chi connectivity index (χ0) is 11.7. The molecule has 0 spiro atoms. The minimum atomic E-state index is -0.292. The van der Waals surface area contributed by atoms with Crippen LogP contribution in [0, 0.1) is 0 Å². The molecule has 2 N–H and O–H groups in total. The van der Waals surface area contributed by atoms with Gasteiger partial charge >= 0.3 is 0 Å². The lowest BCUT2D eigenvalue weighted by Gasteiger charge is -2.17. The summed E-state index contributed by atoms with van der Waals surface area (Å²) in [7, 11) is 0. The molecular formula is C11H12N6. The van der Waals surface area contributed by atoms with Crippen molar-refractivity contribution in [2.24, 2.45) is 10.2 Å². The summed E-state index contributed by atoms with van der Waals surface area (Å²) in [6, 6.07) is 1.92. The number of pyridine rings is 1. The second-order valence-corrected chi connectivity index (χ2v) is 4.22. The van der Waals surface area contributed by atoms with Crippen LogP contribution in [0.25, 0.3) is 10.9 Å². The topological polar surface area (TPSA) is 78.3 Å². The van der Waals surface area contributed by atoms with E-state index in [1.165, 1.54) is 0 Å². The highest BCUT2D eigenvalue weighted by molar-refractivity contribution is 5.87. The molecule has 0 amide bonds. The highest BCUT2D eigenvalue weighted by atomic mass is 15.2. The Hall–Kier alpha value is -2.24. The van der Waals surface area contributed by atoms with E-state index in [1.807, 2.05) is 25.3 Å². The van der Waals surface area contributed by atoms with Gasteiger partial charge in [0.2, 0.25) is 0 Å². The van der Waals surface area contributed by atoms with Gasteiger partial charge in [-0.15, -0.1) is 0 Å². The Labute approximate surface area is 97.9 Å². The van der Waals surface area contributed by atoms with Crippen molar-refractivity contribution in [2.45, 2.75) is 12.5 Å². The summed E-state index contributed by atoms with van der Waals surface area (Å²) < 4.78 is 0. The lowest BCUT2D eigenvalue weighted by Crippen LogP contribution is -2.27. The van der Waals surface area contributed by atoms with Gasteiger partial charge in [-0.2, -0.15) is 15.3 Å².